The number of nitrogens with one attached hydrogen (secondary N) is 2. The first kappa shape index (κ1) is 14.6. The van der Waals surface area contributed by atoms with Crippen LogP contribution in [0.2, 0.25) is 5.02 Å². The van der Waals surface area contributed by atoms with E-state index in [0.717, 1.165) is 13.7 Å². The van der Waals surface area contributed by atoms with Crippen LogP contribution in [0.25, 0.3) is 0 Å². The number of anilines is 2. The summed E-state index contributed by atoms with van der Waals surface area (Å²) in [6, 6.07) is 12.2. The third kappa shape index (κ3) is 4.36. The number of amides is 2. The van der Waals surface area contributed by atoms with Gasteiger partial charge in [-0.1, -0.05) is 11.6 Å². The second-order valence-corrected chi connectivity index (χ2v) is 6.17. The van der Waals surface area contributed by atoms with Crippen molar-refractivity contribution >= 4 is 67.5 Å². The lowest BCUT2D eigenvalue weighted by atomic mass is 10.3. The second-order valence-electron chi connectivity index (χ2n) is 3.71. The first-order valence-corrected chi connectivity index (χ1v) is 7.58. The van der Waals surface area contributed by atoms with Crippen molar-refractivity contribution in [2.45, 2.75) is 0 Å². The molecular weight excluding hydrogens is 442 g/mol. The molecule has 0 aromatic heterocycles. The van der Waals surface area contributed by atoms with E-state index in [2.05, 4.69) is 49.2 Å². The van der Waals surface area contributed by atoms with Crippen molar-refractivity contribution in [3.05, 3.63) is 55.5 Å². The third-order valence-electron chi connectivity index (χ3n) is 2.28. The average molecular weight is 451 g/mol. The summed E-state index contributed by atoms with van der Waals surface area (Å²) < 4.78 is 2.03. The lowest BCUT2D eigenvalue weighted by molar-refractivity contribution is 0.262. The van der Waals surface area contributed by atoms with Gasteiger partial charge in [-0.2, -0.15) is 0 Å². The van der Waals surface area contributed by atoms with Crippen molar-refractivity contribution in [3.8, 4) is 0 Å². The minimum absolute atomic E-state index is 0.296. The first-order chi connectivity index (χ1) is 9.04. The molecule has 0 aliphatic heterocycles. The molecule has 2 aromatic rings. The van der Waals surface area contributed by atoms with E-state index in [1.165, 1.54) is 0 Å². The average Bonchev–Trinajstić information content (AvgIpc) is 2.37. The maximum atomic E-state index is 11.8. The lowest BCUT2D eigenvalue weighted by Crippen LogP contribution is -2.19. The Morgan fingerprint density at radius 2 is 1.63 bits per heavy atom. The van der Waals surface area contributed by atoms with Crippen molar-refractivity contribution < 1.29 is 4.79 Å². The van der Waals surface area contributed by atoms with Gasteiger partial charge in [0.25, 0.3) is 0 Å². The van der Waals surface area contributed by atoms with Crippen molar-refractivity contribution in [1.82, 2.24) is 0 Å². The number of benzene rings is 2. The number of hydrogen-bond acceptors (Lipinski definition) is 1. The number of hydrogen-bond donors (Lipinski definition) is 2. The van der Waals surface area contributed by atoms with E-state index in [1.54, 1.807) is 24.3 Å². The Hall–Kier alpha value is -0.790. The predicted octanol–water partition coefficient (Wildman–Crippen LogP) is 5.35. The molecule has 0 spiro atoms. The summed E-state index contributed by atoms with van der Waals surface area (Å²) in [4.78, 5) is 11.8. The highest BCUT2D eigenvalue weighted by atomic mass is 127. The summed E-state index contributed by atoms with van der Waals surface area (Å²) in [7, 11) is 0. The van der Waals surface area contributed by atoms with Crippen LogP contribution >= 0.6 is 50.1 Å². The van der Waals surface area contributed by atoms with Gasteiger partial charge in [0.15, 0.2) is 0 Å². The van der Waals surface area contributed by atoms with E-state index in [1.807, 2.05) is 18.2 Å². The molecule has 0 aliphatic rings. The summed E-state index contributed by atoms with van der Waals surface area (Å²) in [6.07, 6.45) is 0. The van der Waals surface area contributed by atoms with Crippen molar-refractivity contribution in [2.24, 2.45) is 0 Å². The number of rotatable bonds is 2. The maximum absolute atomic E-state index is 11.8. The highest BCUT2D eigenvalue weighted by molar-refractivity contribution is 14.1. The van der Waals surface area contributed by atoms with Crippen LogP contribution in [-0.4, -0.2) is 6.03 Å². The Morgan fingerprint density at radius 3 is 2.26 bits per heavy atom. The number of halogens is 3. The Bertz CT molecular complexity index is 604. The molecule has 0 unspecified atom stereocenters. The quantitative estimate of drug-likeness (QED) is 0.594. The van der Waals surface area contributed by atoms with E-state index >= 15 is 0 Å². The van der Waals surface area contributed by atoms with Crippen molar-refractivity contribution in [2.75, 3.05) is 10.6 Å². The summed E-state index contributed by atoms with van der Waals surface area (Å²) in [5, 5.41) is 6.11. The molecule has 0 bridgehead atoms. The van der Waals surface area contributed by atoms with E-state index < -0.39 is 0 Å². The van der Waals surface area contributed by atoms with Crippen LogP contribution in [-0.2, 0) is 0 Å². The largest absolute Gasteiger partial charge is 0.323 e. The summed E-state index contributed by atoms with van der Waals surface area (Å²) in [5.74, 6) is 0. The molecule has 3 nitrogen and oxygen atoms in total. The van der Waals surface area contributed by atoms with Gasteiger partial charge in [-0.25, -0.2) is 4.79 Å². The molecule has 98 valence electrons. The highest BCUT2D eigenvalue weighted by Crippen LogP contribution is 2.23. The van der Waals surface area contributed by atoms with Gasteiger partial charge < -0.3 is 10.6 Å². The number of carbonyl (C=O) groups excluding carboxylic acids is 1. The van der Waals surface area contributed by atoms with Crippen molar-refractivity contribution in [3.63, 3.8) is 0 Å². The van der Waals surface area contributed by atoms with Gasteiger partial charge in [0.05, 0.1) is 0 Å². The van der Waals surface area contributed by atoms with E-state index in [4.69, 9.17) is 11.6 Å². The smallest absolute Gasteiger partial charge is 0.308 e. The normalized spacial score (nSPS) is 10.1. The van der Waals surface area contributed by atoms with Gasteiger partial charge in [0, 0.05) is 24.4 Å². The molecule has 2 aromatic carbocycles. The van der Waals surface area contributed by atoms with E-state index in [-0.39, 0.29) is 6.03 Å². The molecule has 0 radical (unpaired) electrons. The van der Waals surface area contributed by atoms with Gasteiger partial charge in [0.2, 0.25) is 0 Å². The topological polar surface area (TPSA) is 41.1 Å². The Labute approximate surface area is 138 Å². The van der Waals surface area contributed by atoms with Crippen LogP contribution in [0, 0.1) is 3.57 Å². The number of urea groups is 1. The zero-order valence-corrected chi connectivity index (χ0v) is 14.1. The molecule has 0 saturated carbocycles. The Balaban J connectivity index is 2.01. The molecule has 2 N–H and O–H groups in total. The zero-order chi connectivity index (χ0) is 13.8. The Morgan fingerprint density at radius 1 is 1.05 bits per heavy atom. The molecule has 0 saturated heterocycles. The first-order valence-electron chi connectivity index (χ1n) is 5.33. The molecule has 2 rings (SSSR count). The highest BCUT2D eigenvalue weighted by Gasteiger charge is 2.04. The van der Waals surface area contributed by atoms with Crippen LogP contribution in [0.15, 0.2) is 46.9 Å². The minimum atomic E-state index is -0.296. The second kappa shape index (κ2) is 6.58. The minimum Gasteiger partial charge on any atom is -0.308 e. The summed E-state index contributed by atoms with van der Waals surface area (Å²) in [5.41, 5.74) is 1.41. The molecule has 2 amide bonds. The fourth-order valence-corrected chi connectivity index (χ4v) is 2.24. The SMILES string of the molecule is O=C(Nc1ccc(Cl)cc1)Nc1ccc(I)c(Br)c1. The fourth-order valence-electron chi connectivity index (χ4n) is 1.40. The van der Waals surface area contributed by atoms with Gasteiger partial charge in [-0.15, -0.1) is 0 Å². The number of carbonyl (C=O) groups is 1. The van der Waals surface area contributed by atoms with Crippen LogP contribution in [0.1, 0.15) is 0 Å². The van der Waals surface area contributed by atoms with Crippen LogP contribution in [0.3, 0.4) is 0 Å². The van der Waals surface area contributed by atoms with Crippen LogP contribution < -0.4 is 10.6 Å². The van der Waals surface area contributed by atoms with Gasteiger partial charge in [0.1, 0.15) is 0 Å². The molecule has 0 atom stereocenters. The monoisotopic (exact) mass is 450 g/mol. The molecule has 0 fully saturated rings. The van der Waals surface area contributed by atoms with Gasteiger partial charge >= 0.3 is 6.03 Å². The van der Waals surface area contributed by atoms with Gasteiger partial charge in [-0.3, -0.25) is 0 Å². The molecule has 0 heterocycles. The predicted molar refractivity (Wildman–Crippen MR) is 91.0 cm³/mol. The summed E-state index contributed by atoms with van der Waals surface area (Å²) >= 11 is 11.4. The molecule has 6 heteroatoms. The molecule has 19 heavy (non-hydrogen) atoms. The Kier molecular flexibility index (Phi) is 5.06. The van der Waals surface area contributed by atoms with Crippen LogP contribution in [0.4, 0.5) is 16.2 Å². The zero-order valence-electron chi connectivity index (χ0n) is 9.58. The maximum Gasteiger partial charge on any atom is 0.323 e. The molecule has 0 aliphatic carbocycles. The lowest BCUT2D eigenvalue weighted by Gasteiger charge is -2.08. The standard InChI is InChI=1S/C13H9BrClIN2O/c14-11-7-10(5-6-12(11)16)18-13(19)17-9-3-1-8(15)2-4-9/h1-7H,(H2,17,18,19). The van der Waals surface area contributed by atoms with E-state index in [9.17, 15) is 4.79 Å². The van der Waals surface area contributed by atoms with E-state index in [0.29, 0.717) is 10.7 Å². The molecular formula is C13H9BrClIN2O. The van der Waals surface area contributed by atoms with Gasteiger partial charge in [-0.05, 0) is 81.0 Å². The third-order valence-corrected chi connectivity index (χ3v) is 4.87. The van der Waals surface area contributed by atoms with Crippen molar-refractivity contribution in [1.29, 1.82) is 0 Å². The van der Waals surface area contributed by atoms with Crippen LogP contribution in [0.5, 0.6) is 0 Å². The fraction of sp³-hybridized carbons (Fsp3) is 0. The summed E-state index contributed by atoms with van der Waals surface area (Å²) in [6.45, 7) is 0.